The largest absolute Gasteiger partial charge is 0.348 e. The van der Waals surface area contributed by atoms with E-state index < -0.39 is 103 Å². The van der Waals surface area contributed by atoms with Crippen LogP contribution in [-0.4, -0.2) is 165 Å². The first-order chi connectivity index (χ1) is 32.8. The summed E-state index contributed by atoms with van der Waals surface area (Å²) in [6.45, 7) is 9.09. The Morgan fingerprint density at radius 3 is 1.54 bits per heavy atom. The number of aromatic amines is 1. The fourth-order valence-electron chi connectivity index (χ4n) is 7.22. The van der Waals surface area contributed by atoms with E-state index in [2.05, 4.69) is 57.8 Å². The van der Waals surface area contributed by atoms with Gasteiger partial charge in [-0.05, 0) is 95.7 Å². The molecule has 0 radical (unpaired) electrons. The minimum absolute atomic E-state index is 0.0261. The lowest BCUT2D eigenvalue weighted by Gasteiger charge is -2.29. The summed E-state index contributed by atoms with van der Waals surface area (Å²) in [6.07, 6.45) is 4.72. The Labute approximate surface area is 413 Å². The van der Waals surface area contributed by atoms with Crippen molar-refractivity contribution in [2.75, 3.05) is 47.3 Å². The Bertz CT molecular complexity index is 1690. The number of imidazole rings is 1. The van der Waals surface area contributed by atoms with Crippen LogP contribution in [0.25, 0.3) is 0 Å². The molecule has 1 heterocycles. The van der Waals surface area contributed by atoms with Gasteiger partial charge in [-0.25, -0.2) is 4.98 Å². The van der Waals surface area contributed by atoms with E-state index in [1.165, 1.54) is 12.5 Å². The van der Waals surface area contributed by atoms with Crippen molar-refractivity contribution in [3.8, 4) is 0 Å². The van der Waals surface area contributed by atoms with Gasteiger partial charge in [0.15, 0.2) is 0 Å². The monoisotopic (exact) mass is 997 g/mol. The number of aldehydes is 1. The van der Waals surface area contributed by atoms with Gasteiger partial charge in [-0.15, -0.1) is 0 Å². The molecule has 402 valence electrons. The Kier molecular flexibility index (Phi) is 30.5. The van der Waals surface area contributed by atoms with Gasteiger partial charge in [-0.2, -0.15) is 0 Å². The highest BCUT2D eigenvalue weighted by Crippen LogP contribution is 2.12. The Hall–Kier alpha value is -4.74. The van der Waals surface area contributed by atoms with Crippen molar-refractivity contribution in [1.29, 1.82) is 0 Å². The Morgan fingerprint density at radius 2 is 1.06 bits per heavy atom. The van der Waals surface area contributed by atoms with Crippen LogP contribution >= 0.6 is 0 Å². The van der Waals surface area contributed by atoms with Gasteiger partial charge in [0.05, 0.1) is 46.1 Å². The predicted octanol–water partition coefficient (Wildman–Crippen LogP) is -5.32. The highest BCUT2D eigenvalue weighted by molar-refractivity contribution is 5.97. The second-order valence-corrected chi connectivity index (χ2v) is 19.6. The number of unbranched alkanes of at least 4 members (excludes halogenated alkanes) is 1. The molecule has 0 bridgehead atoms. The quantitative estimate of drug-likeness (QED) is 0.0127. The zero-order valence-electron chi connectivity index (χ0n) is 42.6. The molecule has 26 heteroatoms. The van der Waals surface area contributed by atoms with E-state index in [1.54, 1.807) is 13.8 Å². The van der Waals surface area contributed by atoms with Crippen molar-refractivity contribution in [2.45, 2.75) is 159 Å². The topological polar surface area (TPSA) is 439 Å². The summed E-state index contributed by atoms with van der Waals surface area (Å²) < 4.78 is 0.660. The molecule has 0 aromatic carbocycles. The van der Waals surface area contributed by atoms with E-state index >= 15 is 0 Å². The van der Waals surface area contributed by atoms with Gasteiger partial charge in [0.25, 0.3) is 0 Å². The number of amides is 6. The lowest BCUT2D eigenvalue weighted by atomic mass is 9.98. The van der Waals surface area contributed by atoms with E-state index in [9.17, 15) is 33.6 Å². The van der Waals surface area contributed by atoms with Crippen LogP contribution < -0.4 is 88.0 Å². The molecule has 26 nitrogen and oxygen atoms in total. The molecule has 0 saturated heterocycles. The summed E-state index contributed by atoms with van der Waals surface area (Å²) in [5, 5.41) is 25.2. The SMILES string of the molecule is CC(C)C[C@H](NC(=O)[C@@H](NC(=O)[C@H](CCCC[N+](C)(C)C)NC(=O)[C@H](CCCNC(N)N)NC(=O)[C@H](Cc1cnc[nH]1)NC(=O)[C@@H](N)CCCNC(N)N)C(C)C)C(=O)N[C@H](C=O)CCCNC(N)N. The highest BCUT2D eigenvalue weighted by Gasteiger charge is 2.34. The Balaban J connectivity index is 3.45. The summed E-state index contributed by atoms with van der Waals surface area (Å²) >= 11 is 0. The summed E-state index contributed by atoms with van der Waals surface area (Å²) in [7, 11) is 6.11. The first-order valence-electron chi connectivity index (χ1n) is 24.4. The van der Waals surface area contributed by atoms with Crippen LogP contribution in [0.3, 0.4) is 0 Å². The lowest BCUT2D eigenvalue weighted by Crippen LogP contribution is -2.60. The van der Waals surface area contributed by atoms with Crippen LogP contribution in [0.15, 0.2) is 12.5 Å². The fourth-order valence-corrected chi connectivity index (χ4v) is 7.22. The third-order valence-corrected chi connectivity index (χ3v) is 11.1. The maximum atomic E-state index is 14.4. The van der Waals surface area contributed by atoms with E-state index in [-0.39, 0.29) is 44.6 Å². The van der Waals surface area contributed by atoms with Gasteiger partial charge in [-0.1, -0.05) is 27.7 Å². The molecule has 0 aliphatic carbocycles. The van der Waals surface area contributed by atoms with Gasteiger partial charge in [0.2, 0.25) is 35.4 Å². The van der Waals surface area contributed by atoms with Gasteiger partial charge >= 0.3 is 0 Å². The number of carbonyl (C=O) groups is 7. The molecule has 0 spiro atoms. The second-order valence-electron chi connectivity index (χ2n) is 19.6. The summed E-state index contributed by atoms with van der Waals surface area (Å²) in [6, 6.07) is -7.61. The van der Waals surface area contributed by atoms with Crippen LogP contribution in [0.1, 0.15) is 97.6 Å². The molecule has 0 saturated carbocycles. The normalized spacial score (nSPS) is 15.0. The molecule has 0 aliphatic heterocycles. The van der Waals surface area contributed by atoms with Crippen molar-refractivity contribution in [2.24, 2.45) is 52.0 Å². The number of quaternary nitrogens is 1. The van der Waals surface area contributed by atoms with E-state index in [0.717, 1.165) is 6.54 Å². The second kappa shape index (κ2) is 33.8. The van der Waals surface area contributed by atoms with Crippen LogP contribution in [0.2, 0.25) is 0 Å². The lowest BCUT2D eigenvalue weighted by molar-refractivity contribution is -0.870. The molecule has 7 atom stereocenters. The predicted molar refractivity (Wildman–Crippen MR) is 267 cm³/mol. The van der Waals surface area contributed by atoms with Crippen molar-refractivity contribution < 1.29 is 38.0 Å². The molecule has 70 heavy (non-hydrogen) atoms. The van der Waals surface area contributed by atoms with Gasteiger partial charge in [-0.3, -0.25) is 44.7 Å². The third-order valence-electron chi connectivity index (χ3n) is 11.1. The third kappa shape index (κ3) is 28.2. The average molecular weight is 997 g/mol. The molecule has 1 aromatic rings. The molecule has 0 unspecified atom stereocenters. The molecular formula is C44H90N19O7+. The minimum Gasteiger partial charge on any atom is -0.348 e. The van der Waals surface area contributed by atoms with Crippen molar-refractivity contribution in [3.05, 3.63) is 18.2 Å². The minimum atomic E-state index is -1.23. The number of carbonyl (C=O) groups excluding carboxylic acids is 7. The maximum absolute atomic E-state index is 14.4. The van der Waals surface area contributed by atoms with Crippen molar-refractivity contribution in [3.63, 3.8) is 0 Å². The summed E-state index contributed by atoms with van der Waals surface area (Å²) in [5.41, 5.74) is 40.2. The fraction of sp³-hybridized carbons (Fsp3) is 0.773. The number of rotatable bonds is 38. The zero-order chi connectivity index (χ0) is 53.0. The van der Waals surface area contributed by atoms with Crippen LogP contribution in [-0.2, 0) is 40.0 Å². The number of nitrogens with one attached hydrogen (secondary N) is 10. The molecule has 6 amide bonds. The summed E-state index contributed by atoms with van der Waals surface area (Å²) in [5.74, 6) is -4.39. The van der Waals surface area contributed by atoms with Gasteiger partial charge < -0.3 is 86.3 Å². The first-order valence-corrected chi connectivity index (χ1v) is 24.4. The van der Waals surface area contributed by atoms with Gasteiger partial charge in [0.1, 0.15) is 55.4 Å². The molecule has 0 fully saturated rings. The first kappa shape index (κ1) is 63.3. The van der Waals surface area contributed by atoms with E-state index in [1.807, 2.05) is 35.0 Å². The van der Waals surface area contributed by atoms with Crippen LogP contribution in [0, 0.1) is 11.8 Å². The number of hydrogen-bond donors (Lipinski definition) is 17. The number of H-pyrrole nitrogens is 1. The molecule has 1 rings (SSSR count). The standard InChI is InChI=1S/C44H89N19O7/c1-26(2)21-33(39(68)57-28(24-64)13-10-17-53-42(46)47)61-41(70)35(27(3)4)62-38(67)31(15-8-9-20-63(5,6)7)58-37(66)32(16-12-19-55-44(50)51)59-40(69)34(22-29-23-52-25-56-29)60-36(65)30(45)14-11-18-54-43(48)49/h23-28,30-35,42-44,53-55H,8-22,45-51H2,1-7H3,(H6-,52,56,57,58,59,60,61,62,65,66,67,68,69,70)/p+1/t28-,30-,31-,32-,33-,34-,35-/m0/s1. The van der Waals surface area contributed by atoms with Gasteiger partial charge in [0, 0.05) is 18.3 Å². The molecule has 0 aliphatic rings. The van der Waals surface area contributed by atoms with E-state index in [4.69, 9.17) is 40.1 Å². The van der Waals surface area contributed by atoms with Crippen LogP contribution in [0.5, 0.6) is 0 Å². The average Bonchev–Trinajstić information content (AvgIpc) is 3.78. The zero-order valence-corrected chi connectivity index (χ0v) is 42.6. The molecular weight excluding hydrogens is 907 g/mol. The Morgan fingerprint density at radius 1 is 0.586 bits per heavy atom. The van der Waals surface area contributed by atoms with Crippen molar-refractivity contribution >= 4 is 41.7 Å². The highest BCUT2D eigenvalue weighted by atomic mass is 16.2. The molecule has 1 aromatic heterocycles. The van der Waals surface area contributed by atoms with Crippen LogP contribution in [0.4, 0.5) is 0 Å². The number of nitrogens with two attached hydrogens (primary N) is 7. The number of aromatic nitrogens is 2. The maximum Gasteiger partial charge on any atom is 0.243 e. The summed E-state index contributed by atoms with van der Waals surface area (Å²) in [4.78, 5) is 103. The van der Waals surface area contributed by atoms with E-state index in [0.29, 0.717) is 68.1 Å². The molecule has 24 N–H and O–H groups in total. The smallest absolute Gasteiger partial charge is 0.243 e. The van der Waals surface area contributed by atoms with Crippen molar-refractivity contribution in [1.82, 2.24) is 57.8 Å². The number of hydrogen-bond acceptors (Lipinski definition) is 18. The number of nitrogens with zero attached hydrogens (tertiary/aromatic N) is 2.